The van der Waals surface area contributed by atoms with Crippen molar-refractivity contribution in [2.24, 2.45) is 0 Å². The zero-order valence-electron chi connectivity index (χ0n) is 16.5. The molecule has 156 valence electrons. The second kappa shape index (κ2) is 7.51. The Morgan fingerprint density at radius 2 is 1.90 bits per heavy atom. The summed E-state index contributed by atoms with van der Waals surface area (Å²) in [5, 5.41) is 22.0. The molecule has 0 radical (unpaired) electrons. The first-order valence-corrected chi connectivity index (χ1v) is 10.1. The van der Waals surface area contributed by atoms with Crippen molar-refractivity contribution in [3.63, 3.8) is 0 Å². The standard InChI is InChI=1S/C20H16BrN7O3/c1-30-12-7-8-13(14(9-12)31-2)18-15-16(10-3-5-11(21)6-4-10)23-24-19(29)17(15)22-20-25-26-27-28(18)20/h3-9,18H,1-2H3,(H,24,29)(H,22,25,27). The number of H-pyrrole nitrogens is 1. The summed E-state index contributed by atoms with van der Waals surface area (Å²) in [6.07, 6.45) is 0. The van der Waals surface area contributed by atoms with E-state index < -0.39 is 6.04 Å². The van der Waals surface area contributed by atoms with Crippen molar-refractivity contribution in [2.75, 3.05) is 19.5 Å². The molecule has 2 aromatic carbocycles. The number of ether oxygens (including phenoxy) is 2. The molecule has 0 saturated heterocycles. The van der Waals surface area contributed by atoms with Gasteiger partial charge in [0.05, 0.1) is 19.9 Å². The third kappa shape index (κ3) is 3.13. The highest BCUT2D eigenvalue weighted by Gasteiger charge is 2.36. The number of halogens is 1. The fourth-order valence-electron chi connectivity index (χ4n) is 3.70. The van der Waals surface area contributed by atoms with Crippen LogP contribution in [0.25, 0.3) is 11.3 Å². The third-order valence-corrected chi connectivity index (χ3v) is 5.65. The number of methoxy groups -OCH3 is 2. The van der Waals surface area contributed by atoms with E-state index >= 15 is 0 Å². The van der Waals surface area contributed by atoms with E-state index in [1.54, 1.807) is 25.0 Å². The smallest absolute Gasteiger partial charge is 0.288 e. The quantitative estimate of drug-likeness (QED) is 0.402. The molecule has 2 N–H and O–H groups in total. The first kappa shape index (κ1) is 19.2. The van der Waals surface area contributed by atoms with Crippen molar-refractivity contribution in [1.82, 2.24) is 30.4 Å². The van der Waals surface area contributed by atoms with Gasteiger partial charge in [-0.2, -0.15) is 9.78 Å². The van der Waals surface area contributed by atoms with Gasteiger partial charge in [0.25, 0.3) is 5.56 Å². The van der Waals surface area contributed by atoms with Crippen molar-refractivity contribution < 1.29 is 9.47 Å². The number of rotatable bonds is 4. The van der Waals surface area contributed by atoms with Crippen molar-refractivity contribution in [3.05, 3.63) is 68.4 Å². The van der Waals surface area contributed by atoms with Gasteiger partial charge in [-0.15, -0.1) is 0 Å². The molecule has 0 spiro atoms. The Hall–Kier alpha value is -3.73. The van der Waals surface area contributed by atoms with Gasteiger partial charge in [-0.1, -0.05) is 33.2 Å². The Morgan fingerprint density at radius 3 is 2.65 bits per heavy atom. The minimum Gasteiger partial charge on any atom is -0.497 e. The maximum atomic E-state index is 12.7. The van der Waals surface area contributed by atoms with Crippen LogP contribution in [0.15, 0.2) is 51.7 Å². The number of nitrogens with zero attached hydrogens (tertiary/aromatic N) is 5. The zero-order chi connectivity index (χ0) is 21.5. The topological polar surface area (TPSA) is 120 Å². The van der Waals surface area contributed by atoms with Crippen molar-refractivity contribution in [3.8, 4) is 22.8 Å². The van der Waals surface area contributed by atoms with Gasteiger partial charge < -0.3 is 14.8 Å². The molecule has 0 aliphatic carbocycles. The van der Waals surface area contributed by atoms with E-state index in [4.69, 9.17) is 9.47 Å². The number of fused-ring (bicyclic) bond motifs is 2. The Kier molecular flexibility index (Phi) is 4.66. The molecule has 31 heavy (non-hydrogen) atoms. The van der Waals surface area contributed by atoms with Crippen molar-refractivity contribution >= 4 is 27.6 Å². The minimum atomic E-state index is -0.560. The number of aromatic amines is 1. The van der Waals surface area contributed by atoms with Crippen LogP contribution in [0.1, 0.15) is 17.2 Å². The zero-order valence-corrected chi connectivity index (χ0v) is 18.0. The fourth-order valence-corrected chi connectivity index (χ4v) is 3.96. The average Bonchev–Trinajstić information content (AvgIpc) is 3.27. The second-order valence-electron chi connectivity index (χ2n) is 6.78. The van der Waals surface area contributed by atoms with Crippen LogP contribution >= 0.6 is 15.9 Å². The summed E-state index contributed by atoms with van der Waals surface area (Å²) < 4.78 is 13.5. The highest BCUT2D eigenvalue weighted by Crippen LogP contribution is 2.44. The molecule has 2 aromatic heterocycles. The van der Waals surface area contributed by atoms with E-state index in [2.05, 4.69) is 47.0 Å². The van der Waals surface area contributed by atoms with Crippen LogP contribution < -0.4 is 20.3 Å². The second-order valence-corrected chi connectivity index (χ2v) is 7.70. The van der Waals surface area contributed by atoms with Gasteiger partial charge in [0.1, 0.15) is 23.2 Å². The van der Waals surface area contributed by atoms with Crippen LogP contribution in [0.2, 0.25) is 0 Å². The molecule has 0 saturated carbocycles. The molecule has 1 aliphatic rings. The summed E-state index contributed by atoms with van der Waals surface area (Å²) >= 11 is 3.45. The lowest BCUT2D eigenvalue weighted by Gasteiger charge is -2.28. The predicted molar refractivity (Wildman–Crippen MR) is 116 cm³/mol. The van der Waals surface area contributed by atoms with Crippen LogP contribution in [-0.2, 0) is 0 Å². The van der Waals surface area contributed by atoms with Crippen LogP contribution in [-0.4, -0.2) is 44.6 Å². The molecule has 1 aliphatic heterocycles. The molecule has 3 heterocycles. The molecule has 1 unspecified atom stereocenters. The SMILES string of the molecule is COc1ccc(C2c3c(-c4ccc(Br)cc4)n[nH]c(=O)c3Nc3nnnn32)c(OC)c1. The third-order valence-electron chi connectivity index (χ3n) is 5.12. The molecule has 5 rings (SSSR count). The number of hydrogen-bond acceptors (Lipinski definition) is 8. The van der Waals surface area contributed by atoms with E-state index in [1.165, 1.54) is 0 Å². The van der Waals surface area contributed by atoms with Crippen LogP contribution in [0.4, 0.5) is 11.6 Å². The van der Waals surface area contributed by atoms with E-state index in [1.807, 2.05) is 36.4 Å². The number of benzene rings is 2. The summed E-state index contributed by atoms with van der Waals surface area (Å²) in [7, 11) is 3.16. The number of anilines is 2. The first-order chi connectivity index (χ1) is 15.1. The normalized spacial score (nSPS) is 14.4. The van der Waals surface area contributed by atoms with Gasteiger partial charge >= 0.3 is 0 Å². The summed E-state index contributed by atoms with van der Waals surface area (Å²) in [6.45, 7) is 0. The van der Waals surface area contributed by atoms with Crippen LogP contribution in [0, 0.1) is 0 Å². The number of tetrazole rings is 1. The van der Waals surface area contributed by atoms with Crippen LogP contribution in [0.5, 0.6) is 11.5 Å². The van der Waals surface area contributed by atoms with Gasteiger partial charge in [-0.05, 0) is 34.7 Å². The molecule has 0 amide bonds. The van der Waals surface area contributed by atoms with Gasteiger partial charge in [0.2, 0.25) is 5.95 Å². The van der Waals surface area contributed by atoms with Crippen molar-refractivity contribution in [2.45, 2.75) is 6.04 Å². The molecule has 0 fully saturated rings. The summed E-state index contributed by atoms with van der Waals surface area (Å²) in [4.78, 5) is 12.7. The lowest BCUT2D eigenvalue weighted by Crippen LogP contribution is -2.29. The summed E-state index contributed by atoms with van der Waals surface area (Å²) in [5.41, 5.74) is 2.77. The highest BCUT2D eigenvalue weighted by molar-refractivity contribution is 9.10. The maximum Gasteiger partial charge on any atom is 0.288 e. The van der Waals surface area contributed by atoms with E-state index in [0.29, 0.717) is 34.4 Å². The molecule has 10 nitrogen and oxygen atoms in total. The lowest BCUT2D eigenvalue weighted by atomic mass is 9.92. The maximum absolute atomic E-state index is 12.7. The largest absolute Gasteiger partial charge is 0.497 e. The van der Waals surface area contributed by atoms with Gasteiger partial charge in [-0.3, -0.25) is 4.79 Å². The molecule has 1 atom stereocenters. The molecular formula is C20H16BrN7O3. The monoisotopic (exact) mass is 481 g/mol. The van der Waals surface area contributed by atoms with Gasteiger partial charge in [0.15, 0.2) is 0 Å². The number of nitrogens with one attached hydrogen (secondary N) is 2. The lowest BCUT2D eigenvalue weighted by molar-refractivity contribution is 0.386. The minimum absolute atomic E-state index is 0.332. The van der Waals surface area contributed by atoms with Crippen molar-refractivity contribution in [1.29, 1.82) is 0 Å². The number of aromatic nitrogens is 6. The molecule has 11 heteroatoms. The average molecular weight is 482 g/mol. The van der Waals surface area contributed by atoms with Gasteiger partial charge in [-0.25, -0.2) is 5.10 Å². The number of hydrogen-bond donors (Lipinski definition) is 2. The molecule has 4 aromatic rings. The van der Waals surface area contributed by atoms with E-state index in [9.17, 15) is 4.79 Å². The Labute approximate surface area is 184 Å². The summed E-state index contributed by atoms with van der Waals surface area (Å²) in [6, 6.07) is 12.6. The molecular weight excluding hydrogens is 466 g/mol. The Bertz CT molecular complexity index is 1330. The first-order valence-electron chi connectivity index (χ1n) is 9.26. The molecule has 0 bridgehead atoms. The van der Waals surface area contributed by atoms with Crippen LogP contribution in [0.3, 0.4) is 0 Å². The summed E-state index contributed by atoms with van der Waals surface area (Å²) in [5.74, 6) is 1.55. The van der Waals surface area contributed by atoms with E-state index in [-0.39, 0.29) is 5.56 Å². The Balaban J connectivity index is 1.82. The van der Waals surface area contributed by atoms with E-state index in [0.717, 1.165) is 15.6 Å². The highest BCUT2D eigenvalue weighted by atomic mass is 79.9. The van der Waals surface area contributed by atoms with Gasteiger partial charge in [0, 0.05) is 27.2 Å². The predicted octanol–water partition coefficient (Wildman–Crippen LogP) is 2.90. The Morgan fingerprint density at radius 1 is 1.10 bits per heavy atom. The fraction of sp³-hybridized carbons (Fsp3) is 0.150.